The first-order chi connectivity index (χ1) is 13.6. The molecule has 0 radical (unpaired) electrons. The normalized spacial score (nSPS) is 20.3. The van der Waals surface area contributed by atoms with Crippen LogP contribution in [-0.4, -0.2) is 62.1 Å². The molecule has 1 fully saturated rings. The predicted molar refractivity (Wildman–Crippen MR) is 99.1 cm³/mol. The Balaban J connectivity index is 1.69. The number of hydrogen-bond acceptors (Lipinski definition) is 7. The summed E-state index contributed by atoms with van der Waals surface area (Å²) in [6.07, 6.45) is 11.7. The van der Waals surface area contributed by atoms with Crippen LogP contribution < -0.4 is 0 Å². The molecule has 28 heavy (non-hydrogen) atoms. The van der Waals surface area contributed by atoms with Crippen LogP contribution in [-0.2, 0) is 20.8 Å². The summed E-state index contributed by atoms with van der Waals surface area (Å²) in [6.45, 7) is -0.101. The van der Waals surface area contributed by atoms with Crippen molar-refractivity contribution in [3.63, 3.8) is 0 Å². The van der Waals surface area contributed by atoms with E-state index in [0.717, 1.165) is 25.7 Å². The van der Waals surface area contributed by atoms with Gasteiger partial charge < -0.3 is 0 Å². The molecule has 2 aliphatic rings. The van der Waals surface area contributed by atoms with Gasteiger partial charge in [0.05, 0.1) is 24.6 Å². The molecule has 0 aromatic carbocycles. The quantitative estimate of drug-likeness (QED) is 0.387. The summed E-state index contributed by atoms with van der Waals surface area (Å²) in [5, 5.41) is 15.5. The lowest BCUT2D eigenvalue weighted by Crippen LogP contribution is -2.45. The molecule has 1 aromatic rings. The molecule has 3 rings (SSSR count). The van der Waals surface area contributed by atoms with E-state index in [9.17, 15) is 19.6 Å². The summed E-state index contributed by atoms with van der Waals surface area (Å²) in [6, 6.07) is -0.691. The van der Waals surface area contributed by atoms with E-state index in [1.54, 1.807) is 6.21 Å². The third-order valence-electron chi connectivity index (χ3n) is 5.37. The van der Waals surface area contributed by atoms with Crippen LogP contribution in [0.1, 0.15) is 44.2 Å². The van der Waals surface area contributed by atoms with E-state index in [1.165, 1.54) is 23.6 Å². The van der Waals surface area contributed by atoms with Crippen LogP contribution in [0.4, 0.5) is 0 Å². The third-order valence-corrected chi connectivity index (χ3v) is 5.37. The molecule has 1 N–H and O–H groups in total. The minimum atomic E-state index is -0.691. The van der Waals surface area contributed by atoms with E-state index in [0.29, 0.717) is 35.9 Å². The van der Waals surface area contributed by atoms with Crippen molar-refractivity contribution in [1.82, 2.24) is 20.0 Å². The van der Waals surface area contributed by atoms with Crippen LogP contribution in [0.2, 0.25) is 0 Å². The van der Waals surface area contributed by atoms with Crippen molar-refractivity contribution in [2.24, 2.45) is 16.9 Å². The summed E-state index contributed by atoms with van der Waals surface area (Å²) in [7, 11) is 0. The number of aromatic nitrogens is 2. The van der Waals surface area contributed by atoms with Crippen LogP contribution in [0.3, 0.4) is 0 Å². The van der Waals surface area contributed by atoms with Crippen molar-refractivity contribution in [3.8, 4) is 0 Å². The molecule has 0 spiro atoms. The molecule has 2 atom stereocenters. The molecule has 9 heteroatoms. The first-order valence-electron chi connectivity index (χ1n) is 9.62. The van der Waals surface area contributed by atoms with Gasteiger partial charge in [0.15, 0.2) is 5.78 Å². The Bertz CT molecular complexity index is 720. The van der Waals surface area contributed by atoms with E-state index >= 15 is 0 Å². The molecule has 0 saturated heterocycles. The smallest absolute Gasteiger partial charge is 0.248 e. The number of Topliss-reactive ketones (excluding diaryl/α,β-unsaturated/α-hetero) is 1. The maximum Gasteiger partial charge on any atom is 0.248 e. The Labute approximate surface area is 163 Å². The summed E-state index contributed by atoms with van der Waals surface area (Å²) in [5.74, 6) is -0.712. The lowest BCUT2D eigenvalue weighted by Gasteiger charge is -2.28. The number of carbonyl (C=O) groups is 3. The molecule has 1 aliphatic carbocycles. The number of rotatable bonds is 9. The first-order valence-corrected chi connectivity index (χ1v) is 9.62. The Morgan fingerprint density at radius 1 is 1.32 bits per heavy atom. The maximum absolute atomic E-state index is 13.1. The fourth-order valence-corrected chi connectivity index (χ4v) is 3.97. The topological polar surface area (TPSA) is 116 Å². The Kier molecular flexibility index (Phi) is 6.80. The number of nitrogens with zero attached hydrogens (tertiary/aromatic N) is 5. The molecular formula is C19H25N5O4. The molecule has 9 nitrogen and oxygen atoms in total. The number of amides is 2. The van der Waals surface area contributed by atoms with Gasteiger partial charge in [-0.3, -0.25) is 29.6 Å². The number of ketones is 1. The Morgan fingerprint density at radius 2 is 2.11 bits per heavy atom. The monoisotopic (exact) mass is 387 g/mol. The molecule has 150 valence electrons. The maximum atomic E-state index is 13.1. The Morgan fingerprint density at radius 3 is 2.79 bits per heavy atom. The van der Waals surface area contributed by atoms with Crippen LogP contribution in [0.25, 0.3) is 0 Å². The average Bonchev–Trinajstić information content (AvgIpc) is 3.39. The molecule has 1 saturated carbocycles. The van der Waals surface area contributed by atoms with Gasteiger partial charge in [0, 0.05) is 31.2 Å². The lowest BCUT2D eigenvalue weighted by atomic mass is 9.91. The van der Waals surface area contributed by atoms with Gasteiger partial charge in [-0.1, -0.05) is 25.7 Å². The summed E-state index contributed by atoms with van der Waals surface area (Å²) >= 11 is 0. The van der Waals surface area contributed by atoms with Gasteiger partial charge in [-0.25, -0.2) is 10.1 Å². The standard InChI is InChI=1S/C19H25N5O4/c25-13-23(28)12-15(9-14-3-1-2-4-14)19(27)24-17(5-6-22-24)18(26)10-16-11-20-7-8-21-16/h6-8,11,13-15,17,28H,1-5,9-10,12H2/t15-,17+/m1/s1. The summed E-state index contributed by atoms with van der Waals surface area (Å²) < 4.78 is 0. The number of hydrogen-bond donors (Lipinski definition) is 1. The first kappa shape index (κ1) is 20.1. The van der Waals surface area contributed by atoms with Crippen molar-refractivity contribution in [2.45, 2.75) is 51.0 Å². The molecule has 0 bridgehead atoms. The zero-order valence-electron chi connectivity index (χ0n) is 15.7. The van der Waals surface area contributed by atoms with Gasteiger partial charge >= 0.3 is 0 Å². The van der Waals surface area contributed by atoms with Gasteiger partial charge in [0.1, 0.15) is 6.04 Å². The highest BCUT2D eigenvalue weighted by Gasteiger charge is 2.37. The van der Waals surface area contributed by atoms with E-state index in [1.807, 2.05) is 0 Å². The molecule has 1 aromatic heterocycles. The van der Waals surface area contributed by atoms with E-state index in [4.69, 9.17) is 0 Å². The zero-order chi connectivity index (χ0) is 19.9. The highest BCUT2D eigenvalue weighted by atomic mass is 16.5. The van der Waals surface area contributed by atoms with E-state index in [2.05, 4.69) is 15.1 Å². The fraction of sp³-hybridized carbons (Fsp3) is 0.579. The second kappa shape index (κ2) is 9.50. The van der Waals surface area contributed by atoms with Crippen molar-refractivity contribution in [3.05, 3.63) is 24.3 Å². The third kappa shape index (κ3) is 4.98. The molecule has 2 heterocycles. The zero-order valence-corrected chi connectivity index (χ0v) is 15.7. The van der Waals surface area contributed by atoms with E-state index < -0.39 is 12.0 Å². The summed E-state index contributed by atoms with van der Waals surface area (Å²) in [5.41, 5.74) is 0.539. The second-order valence-electron chi connectivity index (χ2n) is 7.38. The van der Waals surface area contributed by atoms with Crippen LogP contribution in [0.15, 0.2) is 23.7 Å². The van der Waals surface area contributed by atoms with Crippen molar-refractivity contribution < 1.29 is 19.6 Å². The molecule has 0 unspecified atom stereocenters. The van der Waals surface area contributed by atoms with Crippen LogP contribution in [0.5, 0.6) is 0 Å². The highest BCUT2D eigenvalue weighted by molar-refractivity contribution is 5.94. The van der Waals surface area contributed by atoms with Crippen molar-refractivity contribution in [2.75, 3.05) is 6.54 Å². The largest absolute Gasteiger partial charge is 0.297 e. The predicted octanol–water partition coefficient (Wildman–Crippen LogP) is 1.22. The van der Waals surface area contributed by atoms with Gasteiger partial charge in [-0.05, 0) is 12.3 Å². The van der Waals surface area contributed by atoms with E-state index in [-0.39, 0.29) is 24.7 Å². The molecule has 1 aliphatic heterocycles. The van der Waals surface area contributed by atoms with Crippen molar-refractivity contribution in [1.29, 1.82) is 0 Å². The van der Waals surface area contributed by atoms with Crippen LogP contribution >= 0.6 is 0 Å². The number of hydroxylamine groups is 2. The Hall–Kier alpha value is -2.68. The SMILES string of the molecule is O=CN(O)C[C@@H](CC1CCCC1)C(=O)N1N=CC[C@H]1C(=O)Cc1cnccn1. The van der Waals surface area contributed by atoms with Crippen LogP contribution in [0, 0.1) is 11.8 Å². The lowest BCUT2D eigenvalue weighted by molar-refractivity contribution is -0.158. The number of carbonyl (C=O) groups excluding carboxylic acids is 3. The minimum absolute atomic E-state index is 0.0689. The highest BCUT2D eigenvalue weighted by Crippen LogP contribution is 2.32. The molecule has 2 amide bonds. The van der Waals surface area contributed by atoms with Crippen molar-refractivity contribution >= 4 is 24.3 Å². The average molecular weight is 387 g/mol. The van der Waals surface area contributed by atoms with Gasteiger partial charge in [-0.2, -0.15) is 5.10 Å². The second-order valence-corrected chi connectivity index (χ2v) is 7.38. The number of hydrazone groups is 1. The van der Waals surface area contributed by atoms with Gasteiger partial charge in [0.2, 0.25) is 12.3 Å². The van der Waals surface area contributed by atoms with Gasteiger partial charge in [0.25, 0.3) is 0 Å². The molecular weight excluding hydrogens is 362 g/mol. The minimum Gasteiger partial charge on any atom is -0.297 e. The summed E-state index contributed by atoms with van der Waals surface area (Å²) in [4.78, 5) is 44.8. The van der Waals surface area contributed by atoms with Gasteiger partial charge in [-0.15, -0.1) is 0 Å². The fourth-order valence-electron chi connectivity index (χ4n) is 3.97.